The van der Waals surface area contributed by atoms with Crippen LogP contribution in [-0.2, 0) is 11.3 Å². The van der Waals surface area contributed by atoms with E-state index in [0.717, 1.165) is 5.52 Å². The van der Waals surface area contributed by atoms with Crippen LogP contribution in [0.3, 0.4) is 0 Å². The highest BCUT2D eigenvalue weighted by molar-refractivity contribution is 7.80. The zero-order chi connectivity index (χ0) is 15.4. The maximum Gasteiger partial charge on any atom is 0.242 e. The molecular weight excluding hydrogens is 286 g/mol. The summed E-state index contributed by atoms with van der Waals surface area (Å²) in [4.78, 5) is 26.0. The molecule has 0 aliphatic carbocycles. The van der Waals surface area contributed by atoms with Crippen LogP contribution in [0.15, 0.2) is 41.3 Å². The molecule has 2 aromatic rings. The molecule has 0 fully saturated rings. The molecular formula is C15H17N3O2S. The minimum absolute atomic E-state index is 0.0452. The van der Waals surface area contributed by atoms with E-state index < -0.39 is 0 Å². The number of thiocarbonyl (C=S) groups is 1. The molecule has 5 nitrogen and oxygen atoms in total. The fourth-order valence-corrected chi connectivity index (χ4v) is 2.16. The van der Waals surface area contributed by atoms with Crippen LogP contribution >= 0.6 is 12.2 Å². The second kappa shape index (κ2) is 6.49. The Balaban J connectivity index is 2.20. The first-order valence-electron chi connectivity index (χ1n) is 6.59. The molecule has 0 saturated carbocycles. The maximum absolute atomic E-state index is 12.2. The SMILES string of the molecule is CN(CCC(N)=S)C(=O)Cn1ccc(=O)c2ccccc21. The monoisotopic (exact) mass is 303 g/mol. The molecule has 21 heavy (non-hydrogen) atoms. The van der Waals surface area contributed by atoms with Crippen LogP contribution in [0.4, 0.5) is 0 Å². The Hall–Kier alpha value is -2.21. The van der Waals surface area contributed by atoms with Gasteiger partial charge in [0, 0.05) is 37.7 Å². The number of benzene rings is 1. The van der Waals surface area contributed by atoms with Crippen LogP contribution in [0, 0.1) is 0 Å². The Morgan fingerprint density at radius 2 is 2.05 bits per heavy atom. The van der Waals surface area contributed by atoms with Gasteiger partial charge in [-0.2, -0.15) is 0 Å². The third kappa shape index (κ3) is 3.66. The van der Waals surface area contributed by atoms with Gasteiger partial charge in [0.15, 0.2) is 5.43 Å². The third-order valence-corrected chi connectivity index (χ3v) is 3.51. The van der Waals surface area contributed by atoms with E-state index in [0.29, 0.717) is 23.3 Å². The van der Waals surface area contributed by atoms with Crippen molar-refractivity contribution < 1.29 is 4.79 Å². The third-order valence-electron chi connectivity index (χ3n) is 3.31. The van der Waals surface area contributed by atoms with E-state index in [-0.39, 0.29) is 17.9 Å². The lowest BCUT2D eigenvalue weighted by molar-refractivity contribution is -0.130. The van der Waals surface area contributed by atoms with Crippen molar-refractivity contribution in [1.29, 1.82) is 0 Å². The molecule has 0 aliphatic rings. The highest BCUT2D eigenvalue weighted by Gasteiger charge is 2.11. The Labute approximate surface area is 128 Å². The molecule has 1 aromatic heterocycles. The normalized spacial score (nSPS) is 10.5. The predicted molar refractivity (Wildman–Crippen MR) is 87.2 cm³/mol. The molecule has 2 N–H and O–H groups in total. The van der Waals surface area contributed by atoms with Crippen LogP contribution in [0.1, 0.15) is 6.42 Å². The van der Waals surface area contributed by atoms with Crippen LogP contribution in [-0.4, -0.2) is 34.0 Å². The number of nitrogens with zero attached hydrogens (tertiary/aromatic N) is 2. The number of hydrogen-bond donors (Lipinski definition) is 1. The Morgan fingerprint density at radius 3 is 2.76 bits per heavy atom. The van der Waals surface area contributed by atoms with E-state index in [1.165, 1.54) is 6.07 Å². The van der Waals surface area contributed by atoms with Crippen LogP contribution in [0.5, 0.6) is 0 Å². The molecule has 1 amide bonds. The number of likely N-dealkylation sites (N-methyl/N-ethyl adjacent to an activating group) is 1. The van der Waals surface area contributed by atoms with Crippen molar-refractivity contribution in [3.05, 3.63) is 46.8 Å². The first-order valence-corrected chi connectivity index (χ1v) is 7.00. The van der Waals surface area contributed by atoms with Gasteiger partial charge in [0.25, 0.3) is 0 Å². The van der Waals surface area contributed by atoms with Gasteiger partial charge in [-0.3, -0.25) is 9.59 Å². The van der Waals surface area contributed by atoms with Gasteiger partial charge in [-0.25, -0.2) is 0 Å². The zero-order valence-electron chi connectivity index (χ0n) is 11.8. The largest absolute Gasteiger partial charge is 0.393 e. The number of aromatic nitrogens is 1. The second-order valence-corrected chi connectivity index (χ2v) is 5.38. The number of para-hydroxylation sites is 1. The topological polar surface area (TPSA) is 68.3 Å². The number of carbonyl (C=O) groups excluding carboxylic acids is 1. The summed E-state index contributed by atoms with van der Waals surface area (Å²) in [5.74, 6) is -0.0555. The summed E-state index contributed by atoms with van der Waals surface area (Å²) in [5.41, 5.74) is 6.14. The summed E-state index contributed by atoms with van der Waals surface area (Å²) in [5, 5.41) is 0.610. The first kappa shape index (κ1) is 15.2. The number of pyridine rings is 1. The van der Waals surface area contributed by atoms with Crippen LogP contribution in [0.2, 0.25) is 0 Å². The molecule has 1 aromatic carbocycles. The molecule has 0 radical (unpaired) electrons. The molecule has 6 heteroatoms. The average molecular weight is 303 g/mol. The van der Waals surface area contributed by atoms with Crippen molar-refractivity contribution in [1.82, 2.24) is 9.47 Å². The lowest BCUT2D eigenvalue weighted by Crippen LogP contribution is -2.33. The summed E-state index contributed by atoms with van der Waals surface area (Å²) in [6.45, 7) is 0.668. The van der Waals surface area contributed by atoms with Crippen molar-refractivity contribution in [2.75, 3.05) is 13.6 Å². The molecule has 0 spiro atoms. The van der Waals surface area contributed by atoms with E-state index in [4.69, 9.17) is 18.0 Å². The minimum Gasteiger partial charge on any atom is -0.393 e. The van der Waals surface area contributed by atoms with Crippen molar-refractivity contribution in [2.45, 2.75) is 13.0 Å². The van der Waals surface area contributed by atoms with Gasteiger partial charge in [-0.1, -0.05) is 24.4 Å². The van der Waals surface area contributed by atoms with E-state index in [1.807, 2.05) is 18.2 Å². The summed E-state index contributed by atoms with van der Waals surface area (Å²) >= 11 is 4.81. The Morgan fingerprint density at radius 1 is 1.33 bits per heavy atom. The van der Waals surface area contributed by atoms with Gasteiger partial charge in [0.2, 0.25) is 5.91 Å². The van der Waals surface area contributed by atoms with E-state index >= 15 is 0 Å². The van der Waals surface area contributed by atoms with Gasteiger partial charge in [0.05, 0.1) is 10.5 Å². The molecule has 1 heterocycles. The summed E-state index contributed by atoms with van der Waals surface area (Å²) in [6, 6.07) is 8.72. The molecule has 2 rings (SSSR count). The molecule has 0 bridgehead atoms. The lowest BCUT2D eigenvalue weighted by Gasteiger charge is -2.18. The van der Waals surface area contributed by atoms with Crippen molar-refractivity contribution in [2.24, 2.45) is 5.73 Å². The predicted octanol–water partition coefficient (Wildman–Crippen LogP) is 1.14. The van der Waals surface area contributed by atoms with Gasteiger partial charge in [0.1, 0.15) is 6.54 Å². The standard InChI is InChI=1S/C15H17N3O2S/c1-17(8-7-14(16)21)15(20)10-18-9-6-13(19)11-4-2-3-5-12(11)18/h2-6,9H,7-8,10H2,1H3,(H2,16,21). The number of fused-ring (bicyclic) bond motifs is 1. The van der Waals surface area contributed by atoms with Crippen LogP contribution in [0.25, 0.3) is 10.9 Å². The number of amides is 1. The number of rotatable bonds is 5. The Kier molecular flexibility index (Phi) is 4.70. The van der Waals surface area contributed by atoms with Gasteiger partial charge in [-0.15, -0.1) is 0 Å². The first-order chi connectivity index (χ1) is 9.99. The van der Waals surface area contributed by atoms with E-state index in [1.54, 1.807) is 28.8 Å². The quantitative estimate of drug-likeness (QED) is 0.841. The summed E-state index contributed by atoms with van der Waals surface area (Å²) < 4.78 is 1.77. The summed E-state index contributed by atoms with van der Waals surface area (Å²) in [7, 11) is 1.71. The maximum atomic E-state index is 12.2. The minimum atomic E-state index is -0.0555. The number of carbonyl (C=O) groups is 1. The number of hydrogen-bond acceptors (Lipinski definition) is 3. The molecule has 110 valence electrons. The Bertz CT molecular complexity index is 739. The van der Waals surface area contributed by atoms with E-state index in [2.05, 4.69) is 0 Å². The zero-order valence-corrected chi connectivity index (χ0v) is 12.6. The van der Waals surface area contributed by atoms with Crippen LogP contribution < -0.4 is 11.2 Å². The smallest absolute Gasteiger partial charge is 0.242 e. The molecule has 0 saturated heterocycles. The highest BCUT2D eigenvalue weighted by atomic mass is 32.1. The van der Waals surface area contributed by atoms with Gasteiger partial charge >= 0.3 is 0 Å². The lowest BCUT2D eigenvalue weighted by atomic mass is 10.2. The second-order valence-electron chi connectivity index (χ2n) is 4.86. The fraction of sp³-hybridized carbons (Fsp3) is 0.267. The molecule has 0 atom stereocenters. The van der Waals surface area contributed by atoms with Crippen molar-refractivity contribution in [3.63, 3.8) is 0 Å². The van der Waals surface area contributed by atoms with Gasteiger partial charge < -0.3 is 15.2 Å². The molecule has 0 unspecified atom stereocenters. The van der Waals surface area contributed by atoms with Gasteiger partial charge in [-0.05, 0) is 12.1 Å². The number of nitrogens with two attached hydrogens (primary N) is 1. The van der Waals surface area contributed by atoms with Crippen molar-refractivity contribution >= 4 is 34.0 Å². The highest BCUT2D eigenvalue weighted by Crippen LogP contribution is 2.09. The summed E-state index contributed by atoms with van der Waals surface area (Å²) in [6.07, 6.45) is 2.15. The fourth-order valence-electron chi connectivity index (χ4n) is 2.07. The van der Waals surface area contributed by atoms with E-state index in [9.17, 15) is 9.59 Å². The molecule has 0 aliphatic heterocycles. The average Bonchev–Trinajstić information content (AvgIpc) is 2.47. The van der Waals surface area contributed by atoms with Crippen molar-refractivity contribution in [3.8, 4) is 0 Å².